The van der Waals surface area contributed by atoms with Crippen LogP contribution >= 0.6 is 0 Å². The van der Waals surface area contributed by atoms with E-state index < -0.39 is 0 Å². The van der Waals surface area contributed by atoms with Crippen molar-refractivity contribution in [3.05, 3.63) is 59.9 Å². The molecule has 3 heterocycles. The molecule has 4 rings (SSSR count). The number of nitrogens with zero attached hydrogens (tertiary/aromatic N) is 4. The number of piperazine rings is 1. The van der Waals surface area contributed by atoms with E-state index >= 15 is 0 Å². The summed E-state index contributed by atoms with van der Waals surface area (Å²) in [6.07, 6.45) is 1.78. The van der Waals surface area contributed by atoms with E-state index in [0.717, 1.165) is 18.9 Å². The van der Waals surface area contributed by atoms with E-state index in [2.05, 4.69) is 9.88 Å². The van der Waals surface area contributed by atoms with Crippen molar-refractivity contribution in [3.8, 4) is 5.75 Å². The molecule has 2 aliphatic rings. The quantitative estimate of drug-likeness (QED) is 0.711. The molecule has 30 heavy (non-hydrogen) atoms. The molecule has 1 fully saturated rings. The molecule has 0 bridgehead atoms. The van der Waals surface area contributed by atoms with Gasteiger partial charge >= 0.3 is 0 Å². The van der Waals surface area contributed by atoms with Crippen LogP contribution < -0.4 is 9.64 Å². The second kappa shape index (κ2) is 8.18. The molecule has 7 heteroatoms. The second-order valence-electron chi connectivity index (χ2n) is 7.66. The Morgan fingerprint density at radius 3 is 2.20 bits per heavy atom. The molecule has 1 aromatic heterocycles. The summed E-state index contributed by atoms with van der Waals surface area (Å²) in [5.41, 5.74) is 1.56. The number of imide groups is 1. The molecular formula is C23H26N4O3. The Labute approximate surface area is 176 Å². The van der Waals surface area contributed by atoms with Crippen LogP contribution in [-0.2, 0) is 9.59 Å². The predicted octanol–water partition coefficient (Wildman–Crippen LogP) is 2.40. The average Bonchev–Trinajstić information content (AvgIpc) is 3.04. The summed E-state index contributed by atoms with van der Waals surface area (Å²) in [5.74, 6) is 1.02. The van der Waals surface area contributed by atoms with Crippen molar-refractivity contribution in [2.45, 2.75) is 19.9 Å². The van der Waals surface area contributed by atoms with Gasteiger partial charge in [-0.05, 0) is 32.0 Å². The fourth-order valence-electron chi connectivity index (χ4n) is 4.09. The second-order valence-corrected chi connectivity index (χ2v) is 7.66. The molecule has 0 saturated carbocycles. The van der Waals surface area contributed by atoms with Gasteiger partial charge in [-0.25, -0.2) is 4.98 Å². The summed E-state index contributed by atoms with van der Waals surface area (Å²) in [5, 5.41) is 0. The number of aromatic nitrogens is 1. The summed E-state index contributed by atoms with van der Waals surface area (Å²) >= 11 is 0. The maximum absolute atomic E-state index is 13.3. The van der Waals surface area contributed by atoms with Crippen molar-refractivity contribution in [2.75, 3.05) is 38.2 Å². The van der Waals surface area contributed by atoms with Crippen LogP contribution in [0.3, 0.4) is 0 Å². The van der Waals surface area contributed by atoms with Gasteiger partial charge in [-0.3, -0.25) is 14.5 Å². The SMILES string of the molecule is COc1ccccc1C1=C(N2CCN(c3ccccn3)CC2)C(=O)N(C(C)C)C1=O. The number of benzene rings is 1. The molecule has 1 aromatic carbocycles. The van der Waals surface area contributed by atoms with Gasteiger partial charge in [0.25, 0.3) is 11.8 Å². The topological polar surface area (TPSA) is 66.0 Å². The molecule has 0 N–H and O–H groups in total. The Bertz CT molecular complexity index is 979. The lowest BCUT2D eigenvalue weighted by Gasteiger charge is -2.37. The fraction of sp³-hybridized carbons (Fsp3) is 0.348. The number of carbonyl (C=O) groups excluding carboxylic acids is 2. The number of hydrogen-bond acceptors (Lipinski definition) is 6. The minimum absolute atomic E-state index is 0.220. The number of methoxy groups -OCH3 is 1. The highest BCUT2D eigenvalue weighted by Gasteiger charge is 2.44. The molecular weight excluding hydrogens is 380 g/mol. The number of hydrogen-bond donors (Lipinski definition) is 0. The lowest BCUT2D eigenvalue weighted by atomic mass is 10.0. The first-order valence-corrected chi connectivity index (χ1v) is 10.2. The lowest BCUT2D eigenvalue weighted by Crippen LogP contribution is -2.48. The van der Waals surface area contributed by atoms with Crippen LogP contribution in [-0.4, -0.2) is 65.9 Å². The van der Waals surface area contributed by atoms with Crippen molar-refractivity contribution in [1.82, 2.24) is 14.8 Å². The molecule has 0 unspecified atom stereocenters. The van der Waals surface area contributed by atoms with Crippen molar-refractivity contribution < 1.29 is 14.3 Å². The van der Waals surface area contributed by atoms with Gasteiger partial charge in [0.2, 0.25) is 0 Å². The Balaban J connectivity index is 1.70. The molecule has 0 spiro atoms. The third kappa shape index (κ3) is 3.40. The maximum Gasteiger partial charge on any atom is 0.278 e. The molecule has 2 aromatic rings. The summed E-state index contributed by atoms with van der Waals surface area (Å²) in [6.45, 7) is 6.44. The van der Waals surface area contributed by atoms with Crippen LogP contribution in [0.25, 0.3) is 5.57 Å². The summed E-state index contributed by atoms with van der Waals surface area (Å²) in [4.78, 5) is 36.6. The van der Waals surface area contributed by atoms with Crippen LogP contribution in [0, 0.1) is 0 Å². The van der Waals surface area contributed by atoms with E-state index in [4.69, 9.17) is 4.74 Å². The largest absolute Gasteiger partial charge is 0.496 e. The van der Waals surface area contributed by atoms with Gasteiger partial charge in [0.05, 0.1) is 12.7 Å². The average molecular weight is 406 g/mol. The maximum atomic E-state index is 13.3. The zero-order valence-corrected chi connectivity index (χ0v) is 17.5. The van der Waals surface area contributed by atoms with Crippen molar-refractivity contribution in [3.63, 3.8) is 0 Å². The number of para-hydroxylation sites is 1. The third-order valence-electron chi connectivity index (χ3n) is 5.55. The van der Waals surface area contributed by atoms with Crippen LogP contribution in [0.15, 0.2) is 54.4 Å². The first-order chi connectivity index (χ1) is 14.5. The van der Waals surface area contributed by atoms with Crippen molar-refractivity contribution in [2.24, 2.45) is 0 Å². The molecule has 156 valence electrons. The minimum Gasteiger partial charge on any atom is -0.496 e. The first-order valence-electron chi connectivity index (χ1n) is 10.2. The molecule has 2 aliphatic heterocycles. The monoisotopic (exact) mass is 406 g/mol. The first kappa shape index (κ1) is 19.9. The lowest BCUT2D eigenvalue weighted by molar-refractivity contribution is -0.139. The van der Waals surface area contributed by atoms with Gasteiger partial charge in [-0.15, -0.1) is 0 Å². The smallest absolute Gasteiger partial charge is 0.278 e. The van der Waals surface area contributed by atoms with E-state index in [0.29, 0.717) is 35.7 Å². The highest BCUT2D eigenvalue weighted by molar-refractivity contribution is 6.36. The number of ether oxygens (including phenoxy) is 1. The zero-order chi connectivity index (χ0) is 21.3. The van der Waals surface area contributed by atoms with Gasteiger partial charge in [0, 0.05) is 44.0 Å². The van der Waals surface area contributed by atoms with Crippen LogP contribution in [0.2, 0.25) is 0 Å². The van der Waals surface area contributed by atoms with Crippen LogP contribution in [0.4, 0.5) is 5.82 Å². The molecule has 1 saturated heterocycles. The van der Waals surface area contributed by atoms with Crippen LogP contribution in [0.1, 0.15) is 19.4 Å². The van der Waals surface area contributed by atoms with Gasteiger partial charge in [-0.2, -0.15) is 0 Å². The molecule has 2 amide bonds. The normalized spacial score (nSPS) is 17.4. The highest BCUT2D eigenvalue weighted by Crippen LogP contribution is 2.37. The number of carbonyl (C=O) groups is 2. The summed E-state index contributed by atoms with van der Waals surface area (Å²) in [7, 11) is 1.58. The Kier molecular flexibility index (Phi) is 5.44. The Hall–Kier alpha value is -3.35. The summed E-state index contributed by atoms with van der Waals surface area (Å²) < 4.78 is 5.50. The Morgan fingerprint density at radius 1 is 0.900 bits per heavy atom. The van der Waals surface area contributed by atoms with Crippen molar-refractivity contribution in [1.29, 1.82) is 0 Å². The van der Waals surface area contributed by atoms with E-state index in [1.807, 2.05) is 61.2 Å². The van der Waals surface area contributed by atoms with Gasteiger partial charge < -0.3 is 14.5 Å². The number of rotatable bonds is 5. The van der Waals surface area contributed by atoms with Gasteiger partial charge in [-0.1, -0.05) is 24.3 Å². The van der Waals surface area contributed by atoms with E-state index in [1.165, 1.54) is 4.90 Å². The van der Waals surface area contributed by atoms with E-state index in [-0.39, 0.29) is 17.9 Å². The van der Waals surface area contributed by atoms with Gasteiger partial charge in [0.15, 0.2) is 0 Å². The number of pyridine rings is 1. The molecule has 0 radical (unpaired) electrons. The minimum atomic E-state index is -0.262. The number of anilines is 1. The zero-order valence-electron chi connectivity index (χ0n) is 17.5. The van der Waals surface area contributed by atoms with E-state index in [9.17, 15) is 9.59 Å². The molecule has 7 nitrogen and oxygen atoms in total. The van der Waals surface area contributed by atoms with E-state index in [1.54, 1.807) is 13.3 Å². The fourth-order valence-corrected chi connectivity index (χ4v) is 4.09. The highest BCUT2D eigenvalue weighted by atomic mass is 16.5. The summed E-state index contributed by atoms with van der Waals surface area (Å²) in [6, 6.07) is 13.0. The standard InChI is InChI=1S/C23H26N4O3/c1-16(2)27-22(28)20(17-8-4-5-9-18(17)30-3)21(23(27)29)26-14-12-25(13-15-26)19-10-6-7-11-24-19/h4-11,16H,12-15H2,1-3H3. The Morgan fingerprint density at radius 2 is 1.57 bits per heavy atom. The number of amides is 2. The molecule has 0 aliphatic carbocycles. The van der Waals surface area contributed by atoms with Gasteiger partial charge in [0.1, 0.15) is 17.3 Å². The predicted molar refractivity (Wildman–Crippen MR) is 115 cm³/mol. The van der Waals surface area contributed by atoms with Crippen molar-refractivity contribution >= 4 is 23.2 Å². The van der Waals surface area contributed by atoms with Crippen LogP contribution in [0.5, 0.6) is 5.75 Å². The molecule has 0 atom stereocenters. The third-order valence-corrected chi connectivity index (χ3v) is 5.55.